The number of carbonyl (C=O) groups excluding carboxylic acids is 2. The molecule has 0 saturated heterocycles. The molecule has 26 heavy (non-hydrogen) atoms. The first-order valence-corrected chi connectivity index (χ1v) is 9.16. The molecule has 138 valence electrons. The van der Waals surface area contributed by atoms with Crippen molar-refractivity contribution >= 4 is 22.0 Å². The van der Waals surface area contributed by atoms with Crippen molar-refractivity contribution in [1.29, 1.82) is 0 Å². The molecule has 1 aromatic carbocycles. The second-order valence-corrected chi connectivity index (χ2v) is 7.49. The lowest BCUT2D eigenvalue weighted by atomic mass is 10.0. The van der Waals surface area contributed by atoms with Crippen LogP contribution in [0.5, 0.6) is 0 Å². The molecule has 9 nitrogen and oxygen atoms in total. The van der Waals surface area contributed by atoms with Crippen molar-refractivity contribution in [3.63, 3.8) is 0 Å². The predicted molar refractivity (Wildman–Crippen MR) is 89.0 cm³/mol. The van der Waals surface area contributed by atoms with Gasteiger partial charge in [-0.15, -0.1) is 0 Å². The quantitative estimate of drug-likeness (QED) is 0.778. The average molecular weight is 379 g/mol. The third kappa shape index (κ3) is 2.97. The summed E-state index contributed by atoms with van der Waals surface area (Å²) in [6.07, 6.45) is 0.543. The van der Waals surface area contributed by atoms with Crippen LogP contribution in [0.1, 0.15) is 32.0 Å². The summed E-state index contributed by atoms with van der Waals surface area (Å²) in [5.74, 6) is -1.93. The molecule has 0 spiro atoms. The molecule has 0 atom stereocenters. The number of aromatic amines is 1. The number of benzene rings is 1. The van der Waals surface area contributed by atoms with E-state index in [9.17, 15) is 18.0 Å². The van der Waals surface area contributed by atoms with Gasteiger partial charge in [0.05, 0.1) is 14.2 Å². The zero-order chi connectivity index (χ0) is 18.9. The van der Waals surface area contributed by atoms with Crippen LogP contribution >= 0.6 is 0 Å². The molecule has 0 aliphatic carbocycles. The second kappa shape index (κ2) is 6.89. The maximum Gasteiger partial charge on any atom is 0.359 e. The smallest absolute Gasteiger partial charge is 0.359 e. The van der Waals surface area contributed by atoms with Gasteiger partial charge in [-0.3, -0.25) is 5.10 Å². The monoisotopic (exact) mass is 379 g/mol. The Kier molecular flexibility index (Phi) is 4.79. The summed E-state index contributed by atoms with van der Waals surface area (Å²) in [5.41, 5.74) is 1.06. The Bertz CT molecular complexity index is 966. The van der Waals surface area contributed by atoms with Crippen LogP contribution in [0.15, 0.2) is 29.3 Å². The second-order valence-electron chi connectivity index (χ2n) is 5.62. The van der Waals surface area contributed by atoms with Crippen molar-refractivity contribution in [1.82, 2.24) is 14.5 Å². The largest absolute Gasteiger partial charge is 0.465 e. The van der Waals surface area contributed by atoms with E-state index in [0.717, 1.165) is 25.3 Å². The van der Waals surface area contributed by atoms with Crippen LogP contribution in [-0.4, -0.2) is 55.6 Å². The number of methoxy groups -OCH3 is 2. The van der Waals surface area contributed by atoms with Crippen LogP contribution in [0.3, 0.4) is 0 Å². The number of aromatic nitrogens is 2. The SMILES string of the molecule is COC(=O)c1n[nH]c(S(=O)(=O)N2CCc3ccccc3C2)c1C(=O)OC. The first-order valence-electron chi connectivity index (χ1n) is 7.72. The van der Waals surface area contributed by atoms with Crippen LogP contribution < -0.4 is 0 Å². The van der Waals surface area contributed by atoms with Gasteiger partial charge in [0.2, 0.25) is 0 Å². The van der Waals surface area contributed by atoms with Gasteiger partial charge in [0.1, 0.15) is 5.56 Å². The van der Waals surface area contributed by atoms with Crippen LogP contribution in [0.4, 0.5) is 0 Å². The van der Waals surface area contributed by atoms with E-state index in [2.05, 4.69) is 19.7 Å². The highest BCUT2D eigenvalue weighted by molar-refractivity contribution is 7.89. The molecule has 1 aliphatic heterocycles. The highest BCUT2D eigenvalue weighted by atomic mass is 32.2. The van der Waals surface area contributed by atoms with Crippen molar-refractivity contribution < 1.29 is 27.5 Å². The highest BCUT2D eigenvalue weighted by Gasteiger charge is 2.37. The number of nitrogens with one attached hydrogen (secondary N) is 1. The zero-order valence-corrected chi connectivity index (χ0v) is 15.0. The van der Waals surface area contributed by atoms with Gasteiger partial charge in [0.25, 0.3) is 10.0 Å². The first kappa shape index (κ1) is 18.1. The lowest BCUT2D eigenvalue weighted by Crippen LogP contribution is -2.36. The van der Waals surface area contributed by atoms with Gasteiger partial charge < -0.3 is 9.47 Å². The Balaban J connectivity index is 2.04. The molecule has 0 fully saturated rings. The zero-order valence-electron chi connectivity index (χ0n) is 14.2. The fraction of sp³-hybridized carbons (Fsp3) is 0.312. The molecular formula is C16H17N3O6S. The van der Waals surface area contributed by atoms with Crippen molar-refractivity contribution in [2.24, 2.45) is 0 Å². The predicted octanol–water partition coefficient (Wildman–Crippen LogP) is 0.730. The molecule has 0 unspecified atom stereocenters. The third-order valence-electron chi connectivity index (χ3n) is 4.19. The molecule has 1 aromatic heterocycles. The molecule has 10 heteroatoms. The molecule has 2 heterocycles. The number of rotatable bonds is 4. The van der Waals surface area contributed by atoms with E-state index < -0.39 is 38.2 Å². The fourth-order valence-corrected chi connectivity index (χ4v) is 4.35. The molecule has 2 aromatic rings. The topological polar surface area (TPSA) is 119 Å². The molecule has 3 rings (SSSR count). The number of carbonyl (C=O) groups is 2. The van der Waals surface area contributed by atoms with E-state index in [0.29, 0.717) is 6.42 Å². The third-order valence-corrected chi connectivity index (χ3v) is 6.00. The number of hydrogen-bond donors (Lipinski definition) is 1. The summed E-state index contributed by atoms with van der Waals surface area (Å²) in [5, 5.41) is 5.46. The minimum absolute atomic E-state index is 0.158. The Labute approximate surface area is 150 Å². The Morgan fingerprint density at radius 1 is 1.12 bits per heavy atom. The van der Waals surface area contributed by atoms with Gasteiger partial charge in [-0.1, -0.05) is 24.3 Å². The summed E-state index contributed by atoms with van der Waals surface area (Å²) in [4.78, 5) is 23.9. The molecule has 0 amide bonds. The number of ether oxygens (including phenoxy) is 2. The van der Waals surface area contributed by atoms with Crippen molar-refractivity contribution in [2.45, 2.75) is 18.0 Å². The Morgan fingerprint density at radius 3 is 2.42 bits per heavy atom. The first-order chi connectivity index (χ1) is 12.4. The number of hydrogen-bond acceptors (Lipinski definition) is 7. The van der Waals surface area contributed by atoms with E-state index >= 15 is 0 Å². The molecule has 0 radical (unpaired) electrons. The van der Waals surface area contributed by atoms with Crippen LogP contribution in [-0.2, 0) is 32.5 Å². The van der Waals surface area contributed by atoms with E-state index in [1.54, 1.807) is 0 Å². The average Bonchev–Trinajstić information content (AvgIpc) is 3.12. The van der Waals surface area contributed by atoms with Gasteiger partial charge in [-0.25, -0.2) is 18.0 Å². The number of esters is 2. The molecule has 1 aliphatic rings. The van der Waals surface area contributed by atoms with Crippen molar-refractivity contribution in [3.8, 4) is 0 Å². The maximum atomic E-state index is 13.1. The van der Waals surface area contributed by atoms with E-state index in [-0.39, 0.29) is 13.1 Å². The number of nitrogens with zero attached hydrogens (tertiary/aromatic N) is 2. The van der Waals surface area contributed by atoms with Crippen LogP contribution in [0.2, 0.25) is 0 Å². The van der Waals surface area contributed by atoms with Crippen molar-refractivity contribution in [3.05, 3.63) is 46.6 Å². The van der Waals surface area contributed by atoms with Gasteiger partial charge in [-0.2, -0.15) is 9.40 Å². The number of fused-ring (bicyclic) bond motifs is 1. The molecule has 1 N–H and O–H groups in total. The summed E-state index contributed by atoms with van der Waals surface area (Å²) < 4.78 is 36.5. The lowest BCUT2D eigenvalue weighted by Gasteiger charge is -2.27. The van der Waals surface area contributed by atoms with Gasteiger partial charge in [-0.05, 0) is 17.5 Å². The van der Waals surface area contributed by atoms with Gasteiger partial charge in [0.15, 0.2) is 10.7 Å². The molecule has 0 saturated carbocycles. The van der Waals surface area contributed by atoms with Gasteiger partial charge in [0, 0.05) is 13.1 Å². The van der Waals surface area contributed by atoms with Crippen LogP contribution in [0.25, 0.3) is 0 Å². The number of sulfonamides is 1. The molecule has 0 bridgehead atoms. The lowest BCUT2D eigenvalue weighted by molar-refractivity contribution is 0.0549. The molecular weight excluding hydrogens is 362 g/mol. The van der Waals surface area contributed by atoms with E-state index in [1.807, 2.05) is 24.3 Å². The Hall–Kier alpha value is -2.72. The fourth-order valence-electron chi connectivity index (χ4n) is 2.85. The minimum atomic E-state index is -4.10. The maximum absolute atomic E-state index is 13.1. The standard InChI is InChI=1S/C16H17N3O6S/c1-24-15(20)12-13(16(21)25-2)17-18-14(12)26(22,23)19-8-7-10-5-3-4-6-11(10)9-19/h3-6H,7-9H2,1-2H3,(H,17,18). The van der Waals surface area contributed by atoms with Gasteiger partial charge >= 0.3 is 11.9 Å². The summed E-state index contributed by atoms with van der Waals surface area (Å²) >= 11 is 0. The summed E-state index contributed by atoms with van der Waals surface area (Å²) in [6, 6.07) is 7.53. The number of H-pyrrole nitrogens is 1. The normalized spacial score (nSPS) is 14.5. The highest BCUT2D eigenvalue weighted by Crippen LogP contribution is 2.27. The Morgan fingerprint density at radius 2 is 1.77 bits per heavy atom. The van der Waals surface area contributed by atoms with Crippen molar-refractivity contribution in [2.75, 3.05) is 20.8 Å². The summed E-state index contributed by atoms with van der Waals surface area (Å²) in [6.45, 7) is 0.401. The van der Waals surface area contributed by atoms with Crippen LogP contribution in [0, 0.1) is 0 Å². The van der Waals surface area contributed by atoms with E-state index in [1.165, 1.54) is 4.31 Å². The van der Waals surface area contributed by atoms with E-state index in [4.69, 9.17) is 0 Å². The minimum Gasteiger partial charge on any atom is -0.465 e. The summed E-state index contributed by atoms with van der Waals surface area (Å²) in [7, 11) is -1.91.